The smallest absolute Gasteiger partial charge is 0.126 e. The van der Waals surface area contributed by atoms with Gasteiger partial charge < -0.3 is 10.4 Å². The lowest BCUT2D eigenvalue weighted by molar-refractivity contribution is 0.0482. The molecule has 1 unspecified atom stereocenters. The Bertz CT molecular complexity index is 399. The maximum absolute atomic E-state index is 13.6. The zero-order valence-electron chi connectivity index (χ0n) is 11.1. The van der Waals surface area contributed by atoms with Crippen LogP contribution >= 0.6 is 0 Å². The van der Waals surface area contributed by atoms with Gasteiger partial charge in [0.25, 0.3) is 0 Å². The lowest BCUT2D eigenvalue weighted by Crippen LogP contribution is -2.47. The number of benzene rings is 1. The molecule has 18 heavy (non-hydrogen) atoms. The highest BCUT2D eigenvalue weighted by Crippen LogP contribution is 2.38. The average Bonchev–Trinajstić information content (AvgIpc) is 2.29. The summed E-state index contributed by atoms with van der Waals surface area (Å²) in [5.41, 5.74) is 0.195. The van der Waals surface area contributed by atoms with Gasteiger partial charge in [-0.15, -0.1) is 0 Å². The van der Waals surface area contributed by atoms with Gasteiger partial charge in [-0.25, -0.2) is 4.39 Å². The molecule has 1 aromatic rings. The van der Waals surface area contributed by atoms with Crippen LogP contribution in [0.25, 0.3) is 0 Å². The maximum atomic E-state index is 13.6. The van der Waals surface area contributed by atoms with Crippen molar-refractivity contribution in [3.05, 3.63) is 35.6 Å². The zero-order valence-corrected chi connectivity index (χ0v) is 11.1. The number of aliphatic hydroxyl groups is 1. The molecule has 0 aromatic heterocycles. The van der Waals surface area contributed by atoms with Gasteiger partial charge in [0.2, 0.25) is 0 Å². The van der Waals surface area contributed by atoms with Crippen molar-refractivity contribution in [1.82, 2.24) is 5.32 Å². The topological polar surface area (TPSA) is 32.3 Å². The monoisotopic (exact) mass is 251 g/mol. The molecule has 3 heteroatoms. The van der Waals surface area contributed by atoms with Crippen molar-refractivity contribution in [3.63, 3.8) is 0 Å². The molecule has 1 aliphatic rings. The zero-order chi connectivity index (χ0) is 13.2. The standard InChI is InChI=1S/C15H22FNO/c1-3-15(2,18)10-17-12-8-11(9-12)13-6-4-5-7-14(13)16/h4-7,11-12,17-18H,3,8-10H2,1-2H3. The average molecular weight is 251 g/mol. The Labute approximate surface area is 108 Å². The summed E-state index contributed by atoms with van der Waals surface area (Å²) in [5.74, 6) is 0.233. The van der Waals surface area contributed by atoms with Crippen molar-refractivity contribution in [2.75, 3.05) is 6.54 Å². The van der Waals surface area contributed by atoms with E-state index in [1.54, 1.807) is 6.07 Å². The summed E-state index contributed by atoms with van der Waals surface area (Å²) < 4.78 is 13.6. The molecule has 0 spiro atoms. The Hall–Kier alpha value is -0.930. The maximum Gasteiger partial charge on any atom is 0.126 e. The summed E-state index contributed by atoms with van der Waals surface area (Å²) in [6, 6.07) is 7.43. The Morgan fingerprint density at radius 1 is 1.39 bits per heavy atom. The van der Waals surface area contributed by atoms with Crippen LogP contribution in [0.1, 0.15) is 44.6 Å². The molecule has 0 heterocycles. The highest BCUT2D eigenvalue weighted by atomic mass is 19.1. The molecule has 0 radical (unpaired) electrons. The second kappa shape index (κ2) is 5.37. The van der Waals surface area contributed by atoms with Crippen LogP contribution in [0.15, 0.2) is 24.3 Å². The molecule has 0 saturated heterocycles. The largest absolute Gasteiger partial charge is 0.389 e. The number of nitrogens with one attached hydrogen (secondary N) is 1. The van der Waals surface area contributed by atoms with E-state index in [4.69, 9.17) is 0 Å². The predicted molar refractivity (Wildman–Crippen MR) is 71.1 cm³/mol. The SMILES string of the molecule is CCC(C)(O)CNC1CC(c2ccccc2F)C1. The minimum absolute atomic E-state index is 0.0958. The first kappa shape index (κ1) is 13.5. The first-order valence-electron chi connectivity index (χ1n) is 6.72. The second-order valence-corrected chi connectivity index (χ2v) is 5.62. The van der Waals surface area contributed by atoms with Crippen LogP contribution in [-0.2, 0) is 0 Å². The number of halogens is 1. The van der Waals surface area contributed by atoms with Crippen molar-refractivity contribution in [2.45, 2.75) is 50.7 Å². The van der Waals surface area contributed by atoms with Gasteiger partial charge in [0, 0.05) is 12.6 Å². The van der Waals surface area contributed by atoms with Crippen LogP contribution in [0, 0.1) is 5.82 Å². The fourth-order valence-corrected chi connectivity index (χ4v) is 2.33. The van der Waals surface area contributed by atoms with Crippen LogP contribution in [0.4, 0.5) is 4.39 Å². The Morgan fingerprint density at radius 3 is 2.67 bits per heavy atom. The molecular weight excluding hydrogens is 229 g/mol. The van der Waals surface area contributed by atoms with Gasteiger partial charge >= 0.3 is 0 Å². The van der Waals surface area contributed by atoms with E-state index in [-0.39, 0.29) is 5.82 Å². The normalized spacial score (nSPS) is 26.4. The van der Waals surface area contributed by atoms with E-state index in [2.05, 4.69) is 5.32 Å². The lowest BCUT2D eigenvalue weighted by Gasteiger charge is -2.38. The van der Waals surface area contributed by atoms with Gasteiger partial charge in [-0.1, -0.05) is 25.1 Å². The fourth-order valence-electron chi connectivity index (χ4n) is 2.33. The number of hydrogen-bond donors (Lipinski definition) is 2. The van der Waals surface area contributed by atoms with E-state index < -0.39 is 5.60 Å². The highest BCUT2D eigenvalue weighted by Gasteiger charge is 2.32. The van der Waals surface area contributed by atoms with E-state index in [1.807, 2.05) is 26.0 Å². The predicted octanol–water partition coefficient (Wildman–Crippen LogP) is 2.82. The quantitative estimate of drug-likeness (QED) is 0.843. The van der Waals surface area contributed by atoms with Crippen LogP contribution in [0.3, 0.4) is 0 Å². The fraction of sp³-hybridized carbons (Fsp3) is 0.600. The molecule has 100 valence electrons. The minimum atomic E-state index is -0.636. The number of rotatable bonds is 5. The third-order valence-electron chi connectivity index (χ3n) is 4.02. The Balaban J connectivity index is 1.79. The van der Waals surface area contributed by atoms with Gasteiger partial charge in [-0.2, -0.15) is 0 Å². The van der Waals surface area contributed by atoms with Gasteiger partial charge in [0.1, 0.15) is 5.82 Å². The van der Waals surface area contributed by atoms with E-state index in [1.165, 1.54) is 6.07 Å². The molecule has 1 atom stereocenters. The molecular formula is C15H22FNO. The minimum Gasteiger partial charge on any atom is -0.389 e. The molecule has 0 amide bonds. The van der Waals surface area contributed by atoms with E-state index in [0.29, 0.717) is 18.5 Å². The Kier molecular flexibility index (Phi) is 4.03. The van der Waals surface area contributed by atoms with E-state index in [0.717, 1.165) is 24.8 Å². The summed E-state index contributed by atoms with van der Waals surface area (Å²) in [5, 5.41) is 13.3. The van der Waals surface area contributed by atoms with Crippen molar-refractivity contribution in [2.24, 2.45) is 0 Å². The van der Waals surface area contributed by atoms with Crippen LogP contribution < -0.4 is 5.32 Å². The third kappa shape index (κ3) is 3.09. The van der Waals surface area contributed by atoms with Gasteiger partial charge in [-0.3, -0.25) is 0 Å². The molecule has 1 aromatic carbocycles. The summed E-state index contributed by atoms with van der Waals surface area (Å²) >= 11 is 0. The van der Waals surface area contributed by atoms with Crippen molar-refractivity contribution in [1.29, 1.82) is 0 Å². The van der Waals surface area contributed by atoms with Gasteiger partial charge in [-0.05, 0) is 43.7 Å². The van der Waals surface area contributed by atoms with Crippen molar-refractivity contribution < 1.29 is 9.50 Å². The third-order valence-corrected chi connectivity index (χ3v) is 4.02. The van der Waals surface area contributed by atoms with Gasteiger partial charge in [0.05, 0.1) is 5.60 Å². The Morgan fingerprint density at radius 2 is 2.06 bits per heavy atom. The van der Waals surface area contributed by atoms with Crippen LogP contribution in [0.5, 0.6) is 0 Å². The summed E-state index contributed by atoms with van der Waals surface area (Å²) in [6.07, 6.45) is 2.66. The summed E-state index contributed by atoms with van der Waals surface area (Å²) in [6.45, 7) is 4.43. The lowest BCUT2D eigenvalue weighted by atomic mass is 9.75. The molecule has 0 bridgehead atoms. The molecule has 1 saturated carbocycles. The molecule has 2 rings (SSSR count). The first-order chi connectivity index (χ1) is 8.52. The summed E-state index contributed by atoms with van der Waals surface area (Å²) in [7, 11) is 0. The summed E-state index contributed by atoms with van der Waals surface area (Å²) in [4.78, 5) is 0. The molecule has 1 aliphatic carbocycles. The van der Waals surface area contributed by atoms with Crippen molar-refractivity contribution in [3.8, 4) is 0 Å². The van der Waals surface area contributed by atoms with Crippen molar-refractivity contribution >= 4 is 0 Å². The molecule has 0 aliphatic heterocycles. The van der Waals surface area contributed by atoms with E-state index in [9.17, 15) is 9.50 Å². The van der Waals surface area contributed by atoms with Crippen LogP contribution in [0.2, 0.25) is 0 Å². The van der Waals surface area contributed by atoms with E-state index >= 15 is 0 Å². The van der Waals surface area contributed by atoms with Crippen LogP contribution in [-0.4, -0.2) is 23.3 Å². The number of hydrogen-bond acceptors (Lipinski definition) is 2. The first-order valence-corrected chi connectivity index (χ1v) is 6.72. The second-order valence-electron chi connectivity index (χ2n) is 5.62. The molecule has 2 nitrogen and oxygen atoms in total. The molecule has 2 N–H and O–H groups in total. The van der Waals surface area contributed by atoms with Gasteiger partial charge in [0.15, 0.2) is 0 Å². The highest BCUT2D eigenvalue weighted by molar-refractivity contribution is 5.24. The molecule has 1 fully saturated rings.